The summed E-state index contributed by atoms with van der Waals surface area (Å²) in [5, 5.41) is 6.18. The number of carbonyl (C=O) groups is 1. The van der Waals surface area contributed by atoms with Gasteiger partial charge in [-0.15, -0.1) is 0 Å². The van der Waals surface area contributed by atoms with Gasteiger partial charge in [-0.1, -0.05) is 50.6 Å². The molecule has 0 bridgehead atoms. The largest absolute Gasteiger partial charge is 0.495 e. The Labute approximate surface area is 141 Å². The quantitative estimate of drug-likeness (QED) is 0.802. The van der Waals surface area contributed by atoms with Gasteiger partial charge >= 0.3 is 6.03 Å². The van der Waals surface area contributed by atoms with Crippen LogP contribution in [0.4, 0.5) is 16.2 Å². The van der Waals surface area contributed by atoms with Crippen molar-refractivity contribution in [3.05, 3.63) is 53.1 Å². The van der Waals surface area contributed by atoms with Crippen LogP contribution in [0.1, 0.15) is 26.3 Å². The van der Waals surface area contributed by atoms with Crippen LogP contribution in [0.5, 0.6) is 5.75 Å². The van der Waals surface area contributed by atoms with Gasteiger partial charge in [0, 0.05) is 10.7 Å². The summed E-state index contributed by atoms with van der Waals surface area (Å²) >= 11 is 5.98. The molecule has 0 aliphatic rings. The van der Waals surface area contributed by atoms with Gasteiger partial charge in [0.2, 0.25) is 0 Å². The number of hydrogen-bond acceptors (Lipinski definition) is 2. The van der Waals surface area contributed by atoms with Crippen LogP contribution >= 0.6 is 11.6 Å². The summed E-state index contributed by atoms with van der Waals surface area (Å²) < 4.78 is 5.23. The molecule has 2 amide bonds. The van der Waals surface area contributed by atoms with Gasteiger partial charge in [-0.2, -0.15) is 0 Å². The molecule has 0 aromatic heterocycles. The first-order chi connectivity index (χ1) is 10.8. The van der Waals surface area contributed by atoms with Crippen molar-refractivity contribution in [1.82, 2.24) is 0 Å². The van der Waals surface area contributed by atoms with Gasteiger partial charge in [0.1, 0.15) is 5.75 Å². The summed E-state index contributed by atoms with van der Waals surface area (Å²) in [6, 6.07) is 12.5. The van der Waals surface area contributed by atoms with Crippen LogP contribution in [0.3, 0.4) is 0 Å². The number of anilines is 2. The van der Waals surface area contributed by atoms with E-state index in [1.807, 2.05) is 24.3 Å². The van der Waals surface area contributed by atoms with Crippen LogP contribution in [-0.2, 0) is 5.41 Å². The van der Waals surface area contributed by atoms with Crippen molar-refractivity contribution in [2.45, 2.75) is 26.2 Å². The molecule has 2 N–H and O–H groups in total. The minimum Gasteiger partial charge on any atom is -0.495 e. The van der Waals surface area contributed by atoms with Gasteiger partial charge in [-0.25, -0.2) is 4.79 Å². The lowest BCUT2D eigenvalue weighted by molar-refractivity contribution is 0.262. The molecule has 0 spiro atoms. The van der Waals surface area contributed by atoms with Gasteiger partial charge in [0.25, 0.3) is 0 Å². The van der Waals surface area contributed by atoms with E-state index in [9.17, 15) is 4.79 Å². The molecule has 0 heterocycles. The summed E-state index contributed by atoms with van der Waals surface area (Å²) in [5.74, 6) is 0.550. The molecule has 2 aromatic carbocycles. The molecule has 2 aromatic rings. The Morgan fingerprint density at radius 2 is 1.70 bits per heavy atom. The molecule has 0 saturated carbocycles. The summed E-state index contributed by atoms with van der Waals surface area (Å²) in [6.45, 7) is 6.31. The zero-order valence-electron chi connectivity index (χ0n) is 13.7. The molecule has 0 radical (unpaired) electrons. The lowest BCUT2D eigenvalue weighted by Crippen LogP contribution is -2.23. The highest BCUT2D eigenvalue weighted by atomic mass is 35.5. The topological polar surface area (TPSA) is 50.4 Å². The smallest absolute Gasteiger partial charge is 0.323 e. The van der Waals surface area contributed by atoms with Crippen molar-refractivity contribution in [3.8, 4) is 5.75 Å². The van der Waals surface area contributed by atoms with Gasteiger partial charge < -0.3 is 15.4 Å². The third kappa shape index (κ3) is 4.39. The molecule has 23 heavy (non-hydrogen) atoms. The second-order valence-electron chi connectivity index (χ2n) is 6.22. The summed E-state index contributed by atoms with van der Waals surface area (Å²) in [4.78, 5) is 12.3. The Balaban J connectivity index is 2.20. The standard InChI is InChI=1S/C18H21ClN2O2/c1-18(2,3)13-7-5-6-8-14(13)20-17(22)21-15-11-12(19)9-10-16(15)23-4/h5-11H,1-4H3,(H2,20,21,22). The molecule has 0 fully saturated rings. The van der Waals surface area contributed by atoms with E-state index in [0.717, 1.165) is 11.3 Å². The fourth-order valence-electron chi connectivity index (χ4n) is 2.30. The number of hydrogen-bond donors (Lipinski definition) is 2. The van der Waals surface area contributed by atoms with Crippen LogP contribution < -0.4 is 15.4 Å². The van der Waals surface area contributed by atoms with Crippen molar-refractivity contribution < 1.29 is 9.53 Å². The maximum atomic E-state index is 12.3. The normalized spacial score (nSPS) is 11.0. The van der Waals surface area contributed by atoms with Crippen molar-refractivity contribution in [2.24, 2.45) is 0 Å². The van der Waals surface area contributed by atoms with E-state index in [1.54, 1.807) is 25.3 Å². The van der Waals surface area contributed by atoms with E-state index < -0.39 is 0 Å². The Morgan fingerprint density at radius 1 is 1.04 bits per heavy atom. The molecule has 2 rings (SSSR count). The number of benzene rings is 2. The number of rotatable bonds is 3. The SMILES string of the molecule is COc1ccc(Cl)cc1NC(=O)Nc1ccccc1C(C)(C)C. The second kappa shape index (κ2) is 6.92. The van der Waals surface area contributed by atoms with Crippen LogP contribution in [-0.4, -0.2) is 13.1 Å². The molecule has 0 atom stereocenters. The fraction of sp³-hybridized carbons (Fsp3) is 0.278. The van der Waals surface area contributed by atoms with Crippen molar-refractivity contribution in [2.75, 3.05) is 17.7 Å². The third-order valence-corrected chi connectivity index (χ3v) is 3.63. The molecule has 4 nitrogen and oxygen atoms in total. The predicted octanol–water partition coefficient (Wildman–Crippen LogP) is 5.29. The van der Waals surface area contributed by atoms with E-state index in [-0.39, 0.29) is 11.4 Å². The first-order valence-corrected chi connectivity index (χ1v) is 7.70. The number of carbonyl (C=O) groups excluding carboxylic acids is 1. The second-order valence-corrected chi connectivity index (χ2v) is 6.66. The highest BCUT2D eigenvalue weighted by molar-refractivity contribution is 6.31. The average molecular weight is 333 g/mol. The molecule has 0 aliphatic carbocycles. The highest BCUT2D eigenvalue weighted by Gasteiger charge is 2.18. The van der Waals surface area contributed by atoms with Crippen molar-refractivity contribution in [1.29, 1.82) is 0 Å². The maximum Gasteiger partial charge on any atom is 0.323 e. The first-order valence-electron chi connectivity index (χ1n) is 7.32. The van der Waals surface area contributed by atoms with Crippen molar-refractivity contribution in [3.63, 3.8) is 0 Å². The summed E-state index contributed by atoms with van der Waals surface area (Å²) in [5.41, 5.74) is 2.29. The van der Waals surface area contributed by atoms with E-state index in [0.29, 0.717) is 16.5 Å². The number of nitrogens with one attached hydrogen (secondary N) is 2. The zero-order valence-corrected chi connectivity index (χ0v) is 14.5. The molecule has 122 valence electrons. The van der Waals surface area contributed by atoms with E-state index in [2.05, 4.69) is 31.4 Å². The number of urea groups is 1. The Hall–Kier alpha value is -2.20. The molecule has 0 aliphatic heterocycles. The number of halogens is 1. The van der Waals surface area contributed by atoms with Crippen molar-refractivity contribution >= 4 is 29.0 Å². The fourth-order valence-corrected chi connectivity index (χ4v) is 2.47. The minimum atomic E-state index is -0.345. The van der Waals surface area contributed by atoms with Gasteiger partial charge in [-0.05, 0) is 35.2 Å². The number of ether oxygens (including phenoxy) is 1. The number of methoxy groups -OCH3 is 1. The molecule has 0 unspecified atom stereocenters. The lowest BCUT2D eigenvalue weighted by Gasteiger charge is -2.23. The van der Waals surface area contributed by atoms with Crippen LogP contribution in [0.2, 0.25) is 5.02 Å². The van der Waals surface area contributed by atoms with Crippen LogP contribution in [0, 0.1) is 0 Å². The molecule has 0 saturated heterocycles. The van der Waals surface area contributed by atoms with Gasteiger partial charge in [0.15, 0.2) is 0 Å². The average Bonchev–Trinajstić information content (AvgIpc) is 2.47. The van der Waals surface area contributed by atoms with E-state index in [4.69, 9.17) is 16.3 Å². The summed E-state index contributed by atoms with van der Waals surface area (Å²) in [7, 11) is 1.54. The van der Waals surface area contributed by atoms with Gasteiger partial charge in [-0.3, -0.25) is 0 Å². The van der Waals surface area contributed by atoms with Crippen LogP contribution in [0.15, 0.2) is 42.5 Å². The summed E-state index contributed by atoms with van der Waals surface area (Å²) in [6.07, 6.45) is 0. The van der Waals surface area contributed by atoms with Crippen LogP contribution in [0.25, 0.3) is 0 Å². The molecular weight excluding hydrogens is 312 g/mol. The Morgan fingerprint density at radius 3 is 2.35 bits per heavy atom. The monoisotopic (exact) mass is 332 g/mol. The molecule has 5 heteroatoms. The predicted molar refractivity (Wildman–Crippen MR) is 95.8 cm³/mol. The molecular formula is C18H21ClN2O2. The Kier molecular flexibility index (Phi) is 5.16. The highest BCUT2D eigenvalue weighted by Crippen LogP contribution is 2.30. The van der Waals surface area contributed by atoms with Gasteiger partial charge in [0.05, 0.1) is 12.8 Å². The zero-order chi connectivity index (χ0) is 17.0. The number of amides is 2. The Bertz CT molecular complexity index is 708. The van der Waals surface area contributed by atoms with E-state index in [1.165, 1.54) is 0 Å². The third-order valence-electron chi connectivity index (χ3n) is 3.39. The van der Waals surface area contributed by atoms with E-state index >= 15 is 0 Å². The minimum absolute atomic E-state index is 0.0718. The number of para-hydroxylation sites is 1. The maximum absolute atomic E-state index is 12.3. The first kappa shape index (κ1) is 17.2. The lowest BCUT2D eigenvalue weighted by atomic mass is 9.86.